The minimum Gasteiger partial charge on any atom is -0.503 e. The lowest BCUT2D eigenvalue weighted by Gasteiger charge is -2.26. The Balaban J connectivity index is 1.87. The molecule has 2 aromatic heterocycles. The molecular formula is C20H13BrN2O3S. The number of benzene rings is 1. The lowest BCUT2D eigenvalue weighted by atomic mass is 9.96. The summed E-state index contributed by atoms with van der Waals surface area (Å²) in [6.45, 7) is 0. The van der Waals surface area contributed by atoms with Crippen LogP contribution >= 0.6 is 27.3 Å². The fraction of sp³-hybridized carbons (Fsp3) is 0.0500. The first-order valence-electron chi connectivity index (χ1n) is 8.08. The molecule has 0 aliphatic carbocycles. The van der Waals surface area contributed by atoms with E-state index in [-0.39, 0.29) is 11.4 Å². The molecule has 0 saturated heterocycles. The molecule has 27 heavy (non-hydrogen) atoms. The molecule has 0 saturated carbocycles. The second kappa shape index (κ2) is 7.09. The van der Waals surface area contributed by atoms with Crippen molar-refractivity contribution in [2.45, 2.75) is 6.04 Å². The molecule has 1 N–H and O–H groups in total. The fourth-order valence-electron chi connectivity index (χ4n) is 3.11. The predicted octanol–water partition coefficient (Wildman–Crippen LogP) is 4.69. The minimum atomic E-state index is -0.726. The molecule has 1 aliphatic heterocycles. The number of aliphatic hydroxyl groups is 1. The van der Waals surface area contributed by atoms with Gasteiger partial charge in [0.15, 0.2) is 5.76 Å². The second-order valence-electron chi connectivity index (χ2n) is 5.90. The van der Waals surface area contributed by atoms with Gasteiger partial charge < -0.3 is 5.11 Å². The van der Waals surface area contributed by atoms with E-state index in [0.29, 0.717) is 16.1 Å². The van der Waals surface area contributed by atoms with Crippen molar-refractivity contribution in [1.82, 2.24) is 4.98 Å². The average Bonchev–Trinajstić information content (AvgIpc) is 3.31. The smallest absolute Gasteiger partial charge is 0.294 e. The summed E-state index contributed by atoms with van der Waals surface area (Å²) in [5.41, 5.74) is 1.37. The molecule has 1 aliphatic rings. The van der Waals surface area contributed by atoms with E-state index in [1.165, 1.54) is 16.2 Å². The summed E-state index contributed by atoms with van der Waals surface area (Å²) in [6.07, 6.45) is 3.20. The van der Waals surface area contributed by atoms with Gasteiger partial charge in [0, 0.05) is 22.6 Å². The Morgan fingerprint density at radius 1 is 1.11 bits per heavy atom. The molecule has 0 spiro atoms. The molecule has 5 nitrogen and oxygen atoms in total. The molecule has 3 heterocycles. The Kier molecular flexibility index (Phi) is 4.63. The van der Waals surface area contributed by atoms with E-state index in [2.05, 4.69) is 20.9 Å². The Labute approximate surface area is 167 Å². The second-order valence-corrected chi connectivity index (χ2v) is 7.77. The molecule has 3 aromatic rings. The third-order valence-electron chi connectivity index (χ3n) is 4.32. The van der Waals surface area contributed by atoms with Crippen LogP contribution in [0.2, 0.25) is 0 Å². The van der Waals surface area contributed by atoms with Crippen LogP contribution in [-0.4, -0.2) is 21.8 Å². The number of hydrogen-bond acceptors (Lipinski definition) is 5. The van der Waals surface area contributed by atoms with E-state index < -0.39 is 17.7 Å². The van der Waals surface area contributed by atoms with Crippen LogP contribution in [0, 0.1) is 0 Å². The first kappa shape index (κ1) is 17.6. The van der Waals surface area contributed by atoms with Gasteiger partial charge in [-0.1, -0.05) is 22.0 Å². The maximum absolute atomic E-state index is 13.1. The van der Waals surface area contributed by atoms with Gasteiger partial charge in [0.05, 0.1) is 16.5 Å². The molecular weight excluding hydrogens is 428 g/mol. The van der Waals surface area contributed by atoms with E-state index in [1.807, 2.05) is 12.1 Å². The van der Waals surface area contributed by atoms with Crippen molar-refractivity contribution in [2.75, 3.05) is 4.90 Å². The van der Waals surface area contributed by atoms with E-state index in [4.69, 9.17) is 0 Å². The number of hydrogen-bond donors (Lipinski definition) is 1. The molecule has 0 radical (unpaired) electrons. The molecule has 4 rings (SSSR count). The molecule has 1 aromatic carbocycles. The van der Waals surface area contributed by atoms with E-state index in [0.717, 1.165) is 4.47 Å². The zero-order valence-corrected chi connectivity index (χ0v) is 16.3. The summed E-state index contributed by atoms with van der Waals surface area (Å²) in [4.78, 5) is 31.9. The monoisotopic (exact) mass is 440 g/mol. The van der Waals surface area contributed by atoms with E-state index >= 15 is 0 Å². The lowest BCUT2D eigenvalue weighted by molar-refractivity contribution is -0.117. The van der Waals surface area contributed by atoms with Gasteiger partial charge in [-0.25, -0.2) is 0 Å². The van der Waals surface area contributed by atoms with Crippen LogP contribution in [0.1, 0.15) is 21.3 Å². The summed E-state index contributed by atoms with van der Waals surface area (Å²) >= 11 is 4.65. The first-order chi connectivity index (χ1) is 13.1. The number of halogens is 1. The van der Waals surface area contributed by atoms with Gasteiger partial charge in [-0.2, -0.15) is 0 Å². The van der Waals surface area contributed by atoms with Crippen molar-refractivity contribution in [3.8, 4) is 0 Å². The van der Waals surface area contributed by atoms with Crippen LogP contribution in [-0.2, 0) is 4.79 Å². The quantitative estimate of drug-likeness (QED) is 0.597. The Hall–Kier alpha value is -2.77. The van der Waals surface area contributed by atoms with Crippen LogP contribution in [0.25, 0.3) is 0 Å². The van der Waals surface area contributed by atoms with Gasteiger partial charge in [0.25, 0.3) is 5.91 Å². The normalized spacial score (nSPS) is 16.9. The number of carbonyl (C=O) groups excluding carboxylic acids is 2. The summed E-state index contributed by atoms with van der Waals surface area (Å²) in [7, 11) is 0. The van der Waals surface area contributed by atoms with Crippen molar-refractivity contribution in [3.05, 3.63) is 92.6 Å². The zero-order valence-electron chi connectivity index (χ0n) is 13.9. The highest BCUT2D eigenvalue weighted by Crippen LogP contribution is 2.42. The summed E-state index contributed by atoms with van der Waals surface area (Å²) < 4.78 is 0.866. The number of aliphatic hydroxyl groups excluding tert-OH is 1. The molecule has 1 amide bonds. The maximum atomic E-state index is 13.1. The minimum absolute atomic E-state index is 0.0802. The standard InChI is InChI=1S/C20H13BrN2O3S/c21-13-3-5-14(6-4-13)23-17(12-7-9-22-10-8-12)16(19(25)20(23)26)18(24)15-2-1-11-27-15/h1-11,17,25H. The molecule has 7 heteroatoms. The maximum Gasteiger partial charge on any atom is 0.294 e. The van der Waals surface area contributed by atoms with E-state index in [1.54, 1.807) is 54.2 Å². The summed E-state index contributed by atoms with van der Waals surface area (Å²) in [5, 5.41) is 12.4. The van der Waals surface area contributed by atoms with Crippen LogP contribution in [0.3, 0.4) is 0 Å². The number of ketones is 1. The Morgan fingerprint density at radius 3 is 2.44 bits per heavy atom. The topological polar surface area (TPSA) is 70.5 Å². The number of amides is 1. The summed E-state index contributed by atoms with van der Waals surface area (Å²) in [5.74, 6) is -1.46. The van der Waals surface area contributed by atoms with Gasteiger partial charge in [0.1, 0.15) is 0 Å². The van der Waals surface area contributed by atoms with Gasteiger partial charge in [-0.15, -0.1) is 11.3 Å². The average molecular weight is 441 g/mol. The van der Waals surface area contributed by atoms with Gasteiger partial charge in [-0.3, -0.25) is 19.5 Å². The number of carbonyl (C=O) groups is 2. The Bertz CT molecular complexity index is 1030. The zero-order chi connectivity index (χ0) is 19.0. The highest BCUT2D eigenvalue weighted by atomic mass is 79.9. The molecule has 134 valence electrons. The third kappa shape index (κ3) is 3.09. The highest BCUT2D eigenvalue weighted by Gasteiger charge is 2.44. The molecule has 1 atom stereocenters. The largest absolute Gasteiger partial charge is 0.503 e. The number of pyridine rings is 1. The number of thiophene rings is 1. The molecule has 0 bridgehead atoms. The van der Waals surface area contributed by atoms with Crippen LogP contribution in [0.15, 0.2) is 82.1 Å². The van der Waals surface area contributed by atoms with Crippen molar-refractivity contribution >= 4 is 44.6 Å². The van der Waals surface area contributed by atoms with Gasteiger partial charge >= 0.3 is 0 Å². The fourth-order valence-corrected chi connectivity index (χ4v) is 4.05. The number of anilines is 1. The Morgan fingerprint density at radius 2 is 1.81 bits per heavy atom. The van der Waals surface area contributed by atoms with Crippen molar-refractivity contribution in [2.24, 2.45) is 0 Å². The molecule has 0 fully saturated rings. The highest BCUT2D eigenvalue weighted by molar-refractivity contribution is 9.10. The van der Waals surface area contributed by atoms with Crippen LogP contribution < -0.4 is 4.90 Å². The van der Waals surface area contributed by atoms with E-state index in [9.17, 15) is 14.7 Å². The lowest BCUT2D eigenvalue weighted by Crippen LogP contribution is -2.31. The van der Waals surface area contributed by atoms with Crippen molar-refractivity contribution in [3.63, 3.8) is 0 Å². The van der Waals surface area contributed by atoms with Crippen LogP contribution in [0.4, 0.5) is 5.69 Å². The first-order valence-corrected chi connectivity index (χ1v) is 9.75. The molecule has 1 unspecified atom stereocenters. The van der Waals surface area contributed by atoms with Crippen LogP contribution in [0.5, 0.6) is 0 Å². The van der Waals surface area contributed by atoms with Crippen molar-refractivity contribution in [1.29, 1.82) is 0 Å². The number of nitrogens with zero attached hydrogens (tertiary/aromatic N) is 2. The van der Waals surface area contributed by atoms with Gasteiger partial charge in [0.2, 0.25) is 5.78 Å². The number of rotatable bonds is 4. The number of aromatic nitrogens is 1. The number of Topliss-reactive ketones (excluding diaryl/α,β-unsaturated/α-hetero) is 1. The van der Waals surface area contributed by atoms with Crippen molar-refractivity contribution < 1.29 is 14.7 Å². The predicted molar refractivity (Wildman–Crippen MR) is 107 cm³/mol. The van der Waals surface area contributed by atoms with Gasteiger partial charge in [-0.05, 0) is 53.4 Å². The SMILES string of the molecule is O=C(C1=C(O)C(=O)N(c2ccc(Br)cc2)C1c1ccncc1)c1cccs1. The summed E-state index contributed by atoms with van der Waals surface area (Å²) in [6, 6.07) is 13.4. The third-order valence-corrected chi connectivity index (χ3v) is 5.72.